The number of aromatic nitrogens is 2. The molecule has 3 heterocycles. The van der Waals surface area contributed by atoms with Crippen LogP contribution in [0.1, 0.15) is 128 Å². The van der Waals surface area contributed by atoms with E-state index in [9.17, 15) is 0 Å². The predicted molar refractivity (Wildman–Crippen MR) is 177 cm³/mol. The Bertz CT molecular complexity index is 1270. The number of halogens is 1. The highest BCUT2D eigenvalue weighted by molar-refractivity contribution is 7.14. The third-order valence-corrected chi connectivity index (χ3v) is 10.5. The summed E-state index contributed by atoms with van der Waals surface area (Å²) in [6.07, 6.45) is 23.4. The van der Waals surface area contributed by atoms with Crippen LogP contribution < -0.4 is 0 Å². The third kappa shape index (κ3) is 9.19. The summed E-state index contributed by atoms with van der Waals surface area (Å²) in [5.74, 6) is -0.186. The number of hydrogen-bond acceptors (Lipinski definition) is 5. The molecular formula is C34H47FN2S3. The van der Waals surface area contributed by atoms with Crippen LogP contribution in [0.4, 0.5) is 4.39 Å². The lowest BCUT2D eigenvalue weighted by Gasteiger charge is -2.06. The molecule has 0 N–H and O–H groups in total. The molecule has 0 aliphatic heterocycles. The number of thiophene rings is 2. The Morgan fingerprint density at radius 1 is 0.575 bits per heavy atom. The molecule has 3 aromatic heterocycles. The SMILES string of the molecule is CCCCCCCCCCc1csc(-c2cc(F)c(-c3cc(CCCCCCCCCC)cs3)c3nsnc23)c1. The van der Waals surface area contributed by atoms with E-state index in [4.69, 9.17) is 0 Å². The van der Waals surface area contributed by atoms with Crippen molar-refractivity contribution < 1.29 is 4.39 Å². The molecule has 0 saturated carbocycles. The summed E-state index contributed by atoms with van der Waals surface area (Å²) in [6.45, 7) is 4.54. The van der Waals surface area contributed by atoms with Gasteiger partial charge >= 0.3 is 0 Å². The minimum atomic E-state index is -0.186. The highest BCUT2D eigenvalue weighted by Crippen LogP contribution is 2.41. The highest BCUT2D eigenvalue weighted by Gasteiger charge is 2.20. The van der Waals surface area contributed by atoms with Crippen molar-refractivity contribution in [2.45, 2.75) is 129 Å². The second-order valence-electron chi connectivity index (χ2n) is 11.3. The van der Waals surface area contributed by atoms with Crippen LogP contribution in [0, 0.1) is 5.82 Å². The van der Waals surface area contributed by atoms with E-state index in [1.807, 2.05) is 0 Å². The van der Waals surface area contributed by atoms with Crippen LogP contribution in [-0.2, 0) is 12.8 Å². The van der Waals surface area contributed by atoms with Crippen LogP contribution in [0.3, 0.4) is 0 Å². The van der Waals surface area contributed by atoms with Crippen molar-refractivity contribution in [1.82, 2.24) is 8.75 Å². The monoisotopic (exact) mass is 598 g/mol. The lowest BCUT2D eigenvalue weighted by atomic mass is 10.0. The second-order valence-corrected chi connectivity index (χ2v) is 13.7. The van der Waals surface area contributed by atoms with Crippen molar-refractivity contribution in [3.05, 3.63) is 45.9 Å². The van der Waals surface area contributed by atoms with E-state index in [1.165, 1.54) is 126 Å². The van der Waals surface area contributed by atoms with Crippen molar-refractivity contribution in [1.29, 1.82) is 0 Å². The van der Waals surface area contributed by atoms with Crippen LogP contribution in [0.25, 0.3) is 31.9 Å². The average Bonchev–Trinajstić information content (AvgIpc) is 3.73. The predicted octanol–water partition coefficient (Wildman–Crippen LogP) is 12.7. The van der Waals surface area contributed by atoms with Crippen LogP contribution >= 0.6 is 34.4 Å². The normalized spacial score (nSPS) is 11.7. The summed E-state index contributed by atoms with van der Waals surface area (Å²) in [6, 6.07) is 6.12. The standard InChI is InChI=1S/C34H47FN2S3/c1-3-5-7-9-11-13-15-17-19-26-21-30(38-24-26)28-23-29(35)32(34-33(28)36-40-37-34)31-22-27(25-39-31)20-18-16-14-12-10-8-6-4-2/h21-25H,3-20H2,1-2H3. The quantitative estimate of drug-likeness (QED) is 0.0946. The van der Waals surface area contributed by atoms with Gasteiger partial charge in [0.1, 0.15) is 16.9 Å². The van der Waals surface area contributed by atoms with Gasteiger partial charge in [-0.1, -0.05) is 104 Å². The molecule has 218 valence electrons. The molecule has 0 radical (unpaired) electrons. The van der Waals surface area contributed by atoms with Crippen LogP contribution in [0.2, 0.25) is 0 Å². The summed E-state index contributed by atoms with van der Waals surface area (Å²) in [7, 11) is 0. The van der Waals surface area contributed by atoms with Crippen LogP contribution in [0.5, 0.6) is 0 Å². The van der Waals surface area contributed by atoms with Gasteiger partial charge in [-0.2, -0.15) is 8.75 Å². The van der Waals surface area contributed by atoms with Crippen molar-refractivity contribution in [3.8, 4) is 20.9 Å². The molecule has 0 aliphatic rings. The van der Waals surface area contributed by atoms with Gasteiger partial charge < -0.3 is 0 Å². The topological polar surface area (TPSA) is 25.8 Å². The number of hydrogen-bond donors (Lipinski definition) is 0. The number of rotatable bonds is 20. The van der Waals surface area contributed by atoms with Crippen molar-refractivity contribution in [2.75, 3.05) is 0 Å². The minimum absolute atomic E-state index is 0.186. The Hall–Kier alpha value is -1.63. The Morgan fingerprint density at radius 2 is 1.05 bits per heavy atom. The van der Waals surface area contributed by atoms with Gasteiger partial charge in [-0.25, -0.2) is 4.39 Å². The molecule has 0 amide bonds. The van der Waals surface area contributed by atoms with Gasteiger partial charge in [-0.3, -0.25) is 0 Å². The summed E-state index contributed by atoms with van der Waals surface area (Å²) in [4.78, 5) is 2.07. The van der Waals surface area contributed by atoms with E-state index in [-0.39, 0.29) is 5.82 Å². The molecule has 6 heteroatoms. The molecule has 4 aromatic rings. The van der Waals surface area contributed by atoms with E-state index >= 15 is 4.39 Å². The van der Waals surface area contributed by atoms with Crippen LogP contribution in [0.15, 0.2) is 29.0 Å². The third-order valence-electron chi connectivity index (χ3n) is 7.95. The first-order valence-corrected chi connectivity index (χ1v) is 18.3. The van der Waals surface area contributed by atoms with E-state index in [0.29, 0.717) is 11.1 Å². The zero-order valence-electron chi connectivity index (χ0n) is 24.6. The lowest BCUT2D eigenvalue weighted by Crippen LogP contribution is -1.89. The fraction of sp³-hybridized carbons (Fsp3) is 0.588. The van der Waals surface area contributed by atoms with Crippen molar-refractivity contribution in [3.63, 3.8) is 0 Å². The van der Waals surface area contributed by atoms with E-state index in [0.717, 1.165) is 33.7 Å². The molecule has 4 rings (SSSR count). The van der Waals surface area contributed by atoms with Gasteiger partial charge in [0, 0.05) is 15.3 Å². The highest BCUT2D eigenvalue weighted by atomic mass is 32.1. The molecule has 0 bridgehead atoms. The van der Waals surface area contributed by atoms with Gasteiger partial charge in [0.15, 0.2) is 0 Å². The summed E-state index contributed by atoms with van der Waals surface area (Å²) in [5, 5.41) is 4.44. The number of unbranched alkanes of at least 4 members (excludes halogenated alkanes) is 14. The number of fused-ring (bicyclic) bond motifs is 1. The maximum atomic E-state index is 15.7. The Balaban J connectivity index is 1.33. The van der Waals surface area contributed by atoms with E-state index in [2.05, 4.69) is 45.5 Å². The molecule has 0 fully saturated rings. The smallest absolute Gasteiger partial charge is 0.134 e. The van der Waals surface area contributed by atoms with Gasteiger partial charge in [0.05, 0.1) is 17.3 Å². The molecular weight excluding hydrogens is 552 g/mol. The van der Waals surface area contributed by atoms with Gasteiger partial charge in [-0.15, -0.1) is 22.7 Å². The minimum Gasteiger partial charge on any atom is -0.206 e. The first-order valence-electron chi connectivity index (χ1n) is 15.8. The number of nitrogens with zero attached hydrogens (tertiary/aromatic N) is 2. The summed E-state index contributed by atoms with van der Waals surface area (Å²) in [5.41, 5.74) is 5.71. The fourth-order valence-electron chi connectivity index (χ4n) is 5.54. The largest absolute Gasteiger partial charge is 0.206 e. The molecule has 2 nitrogen and oxygen atoms in total. The second kappa shape index (κ2) is 17.4. The number of aryl methyl sites for hydroxylation is 2. The van der Waals surface area contributed by atoms with Gasteiger partial charge in [-0.05, 0) is 65.8 Å². The Morgan fingerprint density at radius 3 is 1.62 bits per heavy atom. The first kappa shape index (κ1) is 31.3. The summed E-state index contributed by atoms with van der Waals surface area (Å²) >= 11 is 4.53. The Kier molecular flexibility index (Phi) is 13.6. The maximum absolute atomic E-state index is 15.7. The fourth-order valence-corrected chi connectivity index (χ4v) is 8.07. The summed E-state index contributed by atoms with van der Waals surface area (Å²) < 4.78 is 24.9. The van der Waals surface area contributed by atoms with E-state index in [1.54, 1.807) is 28.7 Å². The van der Waals surface area contributed by atoms with Crippen LogP contribution in [-0.4, -0.2) is 8.75 Å². The molecule has 0 unspecified atom stereocenters. The molecule has 0 saturated heterocycles. The zero-order valence-corrected chi connectivity index (χ0v) is 27.1. The lowest BCUT2D eigenvalue weighted by molar-refractivity contribution is 0.575. The molecule has 0 spiro atoms. The average molecular weight is 599 g/mol. The van der Waals surface area contributed by atoms with Gasteiger partial charge in [0.2, 0.25) is 0 Å². The van der Waals surface area contributed by atoms with E-state index < -0.39 is 0 Å². The molecule has 0 aliphatic carbocycles. The zero-order chi connectivity index (χ0) is 28.0. The molecule has 40 heavy (non-hydrogen) atoms. The van der Waals surface area contributed by atoms with Gasteiger partial charge in [0.25, 0.3) is 0 Å². The number of benzene rings is 1. The molecule has 1 aromatic carbocycles. The molecule has 0 atom stereocenters. The first-order chi connectivity index (χ1) is 19.7. The van der Waals surface area contributed by atoms with Crippen molar-refractivity contribution >= 4 is 45.4 Å². The van der Waals surface area contributed by atoms with Crippen molar-refractivity contribution in [2.24, 2.45) is 0 Å². The Labute approximate surface area is 253 Å². The maximum Gasteiger partial charge on any atom is 0.134 e.